The summed E-state index contributed by atoms with van der Waals surface area (Å²) in [7, 11) is -1.75. The number of sulfonamides is 1. The van der Waals surface area contributed by atoms with Gasteiger partial charge < -0.3 is 15.0 Å². The van der Waals surface area contributed by atoms with Crippen molar-refractivity contribution in [2.75, 3.05) is 46.1 Å². The first-order valence-electron chi connectivity index (χ1n) is 7.84. The maximum absolute atomic E-state index is 11.8. The highest BCUT2D eigenvalue weighted by Gasteiger charge is 2.36. The molecule has 1 fully saturated rings. The molecule has 134 valence electrons. The van der Waals surface area contributed by atoms with E-state index in [4.69, 9.17) is 4.74 Å². The number of rotatable bonds is 7. The third-order valence-corrected chi connectivity index (χ3v) is 4.44. The predicted octanol–water partition coefficient (Wildman–Crippen LogP) is -0.368. The van der Waals surface area contributed by atoms with Gasteiger partial charge in [-0.25, -0.2) is 13.1 Å². The minimum atomic E-state index is -3.15. The smallest absolute Gasteiger partial charge is 0.310 e. The Morgan fingerprint density at radius 1 is 1.39 bits per heavy atom. The molecule has 0 aromatic carbocycles. The molecule has 23 heavy (non-hydrogen) atoms. The Kier molecular flexibility index (Phi) is 7.77. The van der Waals surface area contributed by atoms with Gasteiger partial charge >= 0.3 is 5.97 Å². The average Bonchev–Trinajstić information content (AvgIpc) is 2.85. The van der Waals surface area contributed by atoms with Crippen molar-refractivity contribution in [3.63, 3.8) is 0 Å². The summed E-state index contributed by atoms with van der Waals surface area (Å²) in [6.45, 7) is 6.95. The van der Waals surface area contributed by atoms with E-state index in [0.29, 0.717) is 26.1 Å². The molecule has 0 aromatic rings. The number of guanidine groups is 1. The Balaban J connectivity index is 2.57. The van der Waals surface area contributed by atoms with Crippen LogP contribution >= 0.6 is 0 Å². The first-order valence-corrected chi connectivity index (χ1v) is 9.73. The number of ether oxygens (including phenoxy) is 1. The highest BCUT2D eigenvalue weighted by Crippen LogP contribution is 2.24. The predicted molar refractivity (Wildman–Crippen MR) is 89.7 cm³/mol. The lowest BCUT2D eigenvalue weighted by molar-refractivity contribution is -0.145. The summed E-state index contributed by atoms with van der Waals surface area (Å²) in [6.07, 6.45) is 1.75. The van der Waals surface area contributed by atoms with Crippen LogP contribution in [0.15, 0.2) is 4.99 Å². The largest absolute Gasteiger partial charge is 0.469 e. The number of nitrogens with one attached hydrogen (secondary N) is 2. The fourth-order valence-electron chi connectivity index (χ4n) is 2.55. The van der Waals surface area contributed by atoms with Crippen molar-refractivity contribution in [1.29, 1.82) is 0 Å². The van der Waals surface area contributed by atoms with Crippen LogP contribution in [-0.4, -0.2) is 71.3 Å². The lowest BCUT2D eigenvalue weighted by Crippen LogP contribution is -2.40. The van der Waals surface area contributed by atoms with Crippen molar-refractivity contribution < 1.29 is 17.9 Å². The molecule has 2 unspecified atom stereocenters. The first-order chi connectivity index (χ1) is 10.8. The topological polar surface area (TPSA) is 100 Å². The van der Waals surface area contributed by atoms with Crippen molar-refractivity contribution in [3.05, 3.63) is 0 Å². The second kappa shape index (κ2) is 9.07. The molecule has 0 aliphatic carbocycles. The van der Waals surface area contributed by atoms with E-state index in [9.17, 15) is 13.2 Å². The Hall–Kier alpha value is -1.35. The Bertz CT molecular complexity index is 521. The molecule has 1 rings (SSSR count). The van der Waals surface area contributed by atoms with Gasteiger partial charge in [0.05, 0.1) is 19.3 Å². The van der Waals surface area contributed by atoms with Gasteiger partial charge in [0.15, 0.2) is 5.96 Å². The number of esters is 1. The normalized spacial score (nSPS) is 22.3. The van der Waals surface area contributed by atoms with Gasteiger partial charge in [-0.05, 0) is 19.3 Å². The van der Waals surface area contributed by atoms with E-state index in [-0.39, 0.29) is 17.8 Å². The summed E-state index contributed by atoms with van der Waals surface area (Å²) in [5, 5.41) is 3.21. The molecule has 0 amide bonds. The summed E-state index contributed by atoms with van der Waals surface area (Å²) in [6, 6.07) is 0. The molecule has 0 saturated carbocycles. The van der Waals surface area contributed by atoms with Gasteiger partial charge in [-0.2, -0.15) is 0 Å². The minimum Gasteiger partial charge on any atom is -0.469 e. The van der Waals surface area contributed by atoms with Gasteiger partial charge in [-0.15, -0.1) is 0 Å². The second-order valence-corrected chi connectivity index (χ2v) is 7.60. The van der Waals surface area contributed by atoms with Crippen LogP contribution in [0.3, 0.4) is 0 Å². The van der Waals surface area contributed by atoms with Gasteiger partial charge in [0.25, 0.3) is 0 Å². The summed E-state index contributed by atoms with van der Waals surface area (Å²) in [5.41, 5.74) is 0. The maximum Gasteiger partial charge on any atom is 0.310 e. The third kappa shape index (κ3) is 6.74. The zero-order valence-corrected chi connectivity index (χ0v) is 15.1. The van der Waals surface area contributed by atoms with Crippen LogP contribution in [0, 0.1) is 11.8 Å². The molecule has 2 atom stereocenters. The number of aliphatic imine (C=N–C) groups is 1. The molecule has 0 spiro atoms. The third-order valence-electron chi connectivity index (χ3n) is 3.71. The van der Waals surface area contributed by atoms with Gasteiger partial charge in [0.1, 0.15) is 0 Å². The standard InChI is InChI=1S/C14H28N4O4S/c1-5-15-14(16-7-6-8-17-23(4,20)21)18-9-11(2)12(10-18)13(19)22-3/h11-12,17H,5-10H2,1-4H3,(H,15,16). The molecule has 2 N–H and O–H groups in total. The number of hydrogen-bond acceptors (Lipinski definition) is 5. The summed E-state index contributed by atoms with van der Waals surface area (Å²) in [4.78, 5) is 18.3. The fourth-order valence-corrected chi connectivity index (χ4v) is 3.06. The zero-order valence-electron chi connectivity index (χ0n) is 14.3. The van der Waals surface area contributed by atoms with Crippen LogP contribution in [0.5, 0.6) is 0 Å². The summed E-state index contributed by atoms with van der Waals surface area (Å²) < 4.78 is 29.3. The van der Waals surface area contributed by atoms with E-state index in [2.05, 4.69) is 19.9 Å². The van der Waals surface area contributed by atoms with E-state index in [1.807, 2.05) is 13.8 Å². The first kappa shape index (κ1) is 19.7. The summed E-state index contributed by atoms with van der Waals surface area (Å²) in [5.74, 6) is 0.632. The van der Waals surface area contributed by atoms with Crippen molar-refractivity contribution in [2.24, 2.45) is 16.8 Å². The van der Waals surface area contributed by atoms with Gasteiger partial charge in [-0.3, -0.25) is 9.79 Å². The number of likely N-dealkylation sites (tertiary alicyclic amines) is 1. The molecule has 0 radical (unpaired) electrons. The lowest BCUT2D eigenvalue weighted by atomic mass is 9.99. The average molecular weight is 348 g/mol. The number of methoxy groups -OCH3 is 1. The zero-order chi connectivity index (χ0) is 17.5. The van der Waals surface area contributed by atoms with Crippen LogP contribution in [-0.2, 0) is 19.6 Å². The van der Waals surface area contributed by atoms with E-state index in [0.717, 1.165) is 25.3 Å². The Morgan fingerprint density at radius 3 is 2.65 bits per heavy atom. The molecule has 1 aliphatic rings. The van der Waals surface area contributed by atoms with Gasteiger partial charge in [0, 0.05) is 32.7 Å². The molecule has 1 saturated heterocycles. The van der Waals surface area contributed by atoms with Crippen molar-refractivity contribution in [3.8, 4) is 0 Å². The van der Waals surface area contributed by atoms with Crippen LogP contribution < -0.4 is 10.0 Å². The second-order valence-electron chi connectivity index (χ2n) is 5.77. The van der Waals surface area contributed by atoms with Crippen LogP contribution in [0.25, 0.3) is 0 Å². The van der Waals surface area contributed by atoms with Gasteiger partial charge in [0.2, 0.25) is 10.0 Å². The number of hydrogen-bond donors (Lipinski definition) is 2. The SMILES string of the molecule is CCNC(=NCCCNS(C)(=O)=O)N1CC(C)C(C(=O)OC)C1. The van der Waals surface area contributed by atoms with Gasteiger partial charge in [-0.1, -0.05) is 6.92 Å². The molecule has 8 nitrogen and oxygen atoms in total. The fraction of sp³-hybridized carbons (Fsp3) is 0.857. The van der Waals surface area contributed by atoms with E-state index in [1.54, 1.807) is 0 Å². The van der Waals surface area contributed by atoms with Crippen molar-refractivity contribution in [2.45, 2.75) is 20.3 Å². The number of carbonyl (C=O) groups is 1. The van der Waals surface area contributed by atoms with E-state index < -0.39 is 10.0 Å². The van der Waals surface area contributed by atoms with Crippen LogP contribution in [0.4, 0.5) is 0 Å². The van der Waals surface area contributed by atoms with Crippen LogP contribution in [0.2, 0.25) is 0 Å². The Morgan fingerprint density at radius 2 is 2.09 bits per heavy atom. The molecule has 1 heterocycles. The minimum absolute atomic E-state index is 0.143. The quantitative estimate of drug-likeness (QED) is 0.282. The van der Waals surface area contributed by atoms with Crippen molar-refractivity contribution >= 4 is 22.0 Å². The molecular weight excluding hydrogens is 320 g/mol. The highest BCUT2D eigenvalue weighted by atomic mass is 32.2. The molecule has 0 aromatic heterocycles. The van der Waals surface area contributed by atoms with E-state index >= 15 is 0 Å². The molecule has 1 aliphatic heterocycles. The van der Waals surface area contributed by atoms with Crippen LogP contribution in [0.1, 0.15) is 20.3 Å². The number of carbonyl (C=O) groups excluding carboxylic acids is 1. The molecule has 0 bridgehead atoms. The summed E-state index contributed by atoms with van der Waals surface area (Å²) >= 11 is 0. The highest BCUT2D eigenvalue weighted by molar-refractivity contribution is 7.88. The maximum atomic E-state index is 11.8. The lowest BCUT2D eigenvalue weighted by Gasteiger charge is -2.21. The monoisotopic (exact) mass is 348 g/mol. The molecule has 9 heteroatoms. The Labute approximate surface area is 138 Å². The number of nitrogens with zero attached hydrogens (tertiary/aromatic N) is 2. The van der Waals surface area contributed by atoms with Crippen molar-refractivity contribution in [1.82, 2.24) is 14.9 Å². The van der Waals surface area contributed by atoms with E-state index in [1.165, 1.54) is 7.11 Å². The molecular formula is C14H28N4O4S.